The first-order chi connectivity index (χ1) is 6.11. The lowest BCUT2D eigenvalue weighted by molar-refractivity contribution is 0.329. The third kappa shape index (κ3) is 1.54. The Kier molecular flexibility index (Phi) is 2.65. The van der Waals surface area contributed by atoms with Gasteiger partial charge in [-0.2, -0.15) is 8.78 Å². The largest absolute Gasteiger partial charge is 0.493 e. The van der Waals surface area contributed by atoms with Crippen LogP contribution in [0.5, 0.6) is 11.5 Å². The number of hydrogen-bond donors (Lipinski definition) is 0. The van der Waals surface area contributed by atoms with Gasteiger partial charge in [-0.15, -0.1) is 0 Å². The molecular weight excluding hydrogens is 185 g/mol. The molecule has 0 aliphatic heterocycles. The molecule has 71 valence electrons. The summed E-state index contributed by atoms with van der Waals surface area (Å²) in [6.07, 6.45) is 0. The first-order valence-corrected chi connectivity index (χ1v) is 3.29. The minimum atomic E-state index is -1.63. The summed E-state index contributed by atoms with van der Waals surface area (Å²) >= 11 is 0. The third-order valence-electron chi connectivity index (χ3n) is 1.42. The third-order valence-corrected chi connectivity index (χ3v) is 1.42. The van der Waals surface area contributed by atoms with Gasteiger partial charge in [-0.25, -0.2) is 4.39 Å². The van der Waals surface area contributed by atoms with Gasteiger partial charge < -0.3 is 9.47 Å². The van der Waals surface area contributed by atoms with Crippen LogP contribution in [0.4, 0.5) is 13.2 Å². The number of rotatable bonds is 2. The summed E-state index contributed by atoms with van der Waals surface area (Å²) in [5.41, 5.74) is 0. The average molecular weight is 191 g/mol. The smallest absolute Gasteiger partial charge is 0.204 e. The molecule has 0 spiro atoms. The Morgan fingerprint density at radius 1 is 0.846 bits per heavy atom. The van der Waals surface area contributed by atoms with E-state index in [1.165, 1.54) is 0 Å². The molecule has 0 N–H and O–H groups in total. The Hall–Kier alpha value is -1.39. The summed E-state index contributed by atoms with van der Waals surface area (Å²) < 4.78 is 47.0. The van der Waals surface area contributed by atoms with Gasteiger partial charge in [0.25, 0.3) is 0 Å². The van der Waals surface area contributed by atoms with Crippen molar-refractivity contribution in [3.8, 4) is 11.5 Å². The summed E-state index contributed by atoms with van der Waals surface area (Å²) in [4.78, 5) is 0. The molecule has 0 heterocycles. The van der Waals surface area contributed by atoms with Crippen molar-refractivity contribution >= 4 is 0 Å². The summed E-state index contributed by atoms with van der Waals surface area (Å²) in [5.74, 6) is -5.50. The van der Waals surface area contributed by atoms with Crippen molar-refractivity contribution < 1.29 is 22.6 Å². The molecule has 0 aliphatic carbocycles. The fraction of sp³-hybridized carbons (Fsp3) is 0.250. The molecule has 0 fully saturated rings. The highest BCUT2D eigenvalue weighted by Crippen LogP contribution is 2.28. The van der Waals surface area contributed by atoms with E-state index < -0.39 is 29.0 Å². The molecule has 0 atom stereocenters. The fourth-order valence-electron chi connectivity index (χ4n) is 0.790. The molecule has 0 unspecified atom stereocenters. The summed E-state index contributed by atoms with van der Waals surface area (Å²) in [7, 11) is 2.23. The Morgan fingerprint density at radius 3 is 1.54 bits per heavy atom. The molecule has 2 nitrogen and oxygen atoms in total. The van der Waals surface area contributed by atoms with E-state index in [4.69, 9.17) is 0 Å². The topological polar surface area (TPSA) is 18.5 Å². The predicted molar refractivity (Wildman–Crippen MR) is 38.3 cm³/mol. The van der Waals surface area contributed by atoms with Crippen LogP contribution in [0, 0.1) is 23.5 Å². The highest BCUT2D eigenvalue weighted by molar-refractivity contribution is 5.35. The van der Waals surface area contributed by atoms with E-state index in [-0.39, 0.29) is 0 Å². The van der Waals surface area contributed by atoms with E-state index in [0.717, 1.165) is 14.2 Å². The quantitative estimate of drug-likeness (QED) is 0.665. The van der Waals surface area contributed by atoms with E-state index in [0.29, 0.717) is 0 Å². The van der Waals surface area contributed by atoms with Gasteiger partial charge in [0.15, 0.2) is 11.5 Å². The summed E-state index contributed by atoms with van der Waals surface area (Å²) in [5, 5.41) is 0. The highest BCUT2D eigenvalue weighted by Gasteiger charge is 2.20. The molecule has 0 bridgehead atoms. The van der Waals surface area contributed by atoms with Crippen molar-refractivity contribution in [3.05, 3.63) is 23.5 Å². The Bertz CT molecular complexity index is 297. The van der Waals surface area contributed by atoms with Crippen LogP contribution in [-0.4, -0.2) is 14.2 Å². The minimum Gasteiger partial charge on any atom is -0.493 e. The Labute approximate surface area is 72.9 Å². The van der Waals surface area contributed by atoms with Crippen molar-refractivity contribution in [3.63, 3.8) is 0 Å². The summed E-state index contributed by atoms with van der Waals surface area (Å²) in [6.45, 7) is 0. The van der Waals surface area contributed by atoms with Crippen LogP contribution < -0.4 is 9.47 Å². The molecule has 1 rings (SSSR count). The van der Waals surface area contributed by atoms with Crippen molar-refractivity contribution in [2.75, 3.05) is 14.2 Å². The van der Waals surface area contributed by atoms with Crippen LogP contribution >= 0.6 is 0 Å². The Morgan fingerprint density at radius 2 is 1.23 bits per heavy atom. The fourth-order valence-corrected chi connectivity index (χ4v) is 0.790. The summed E-state index contributed by atoms with van der Waals surface area (Å²) in [6, 6.07) is 2.09. The number of ether oxygens (including phenoxy) is 2. The molecular formula is C8H6F3O2. The maximum atomic E-state index is 12.8. The van der Waals surface area contributed by atoms with Crippen LogP contribution in [0.3, 0.4) is 0 Å². The molecule has 0 amide bonds. The molecule has 1 aromatic rings. The first-order valence-electron chi connectivity index (χ1n) is 3.29. The number of methoxy groups -OCH3 is 2. The first kappa shape index (κ1) is 9.70. The van der Waals surface area contributed by atoms with Crippen molar-refractivity contribution in [2.24, 2.45) is 0 Å². The van der Waals surface area contributed by atoms with Gasteiger partial charge in [0.05, 0.1) is 20.3 Å². The number of hydrogen-bond acceptors (Lipinski definition) is 2. The molecule has 0 saturated heterocycles. The SMILES string of the molecule is COc1[c]c(OC)c(F)c(F)c1F. The van der Waals surface area contributed by atoms with E-state index in [1.807, 2.05) is 0 Å². The van der Waals surface area contributed by atoms with Gasteiger partial charge in [-0.3, -0.25) is 0 Å². The van der Waals surface area contributed by atoms with Gasteiger partial charge >= 0.3 is 0 Å². The number of halogens is 3. The van der Waals surface area contributed by atoms with E-state index in [2.05, 4.69) is 15.5 Å². The zero-order valence-electron chi connectivity index (χ0n) is 6.95. The predicted octanol–water partition coefficient (Wildman–Crippen LogP) is 1.92. The zero-order valence-corrected chi connectivity index (χ0v) is 6.95. The van der Waals surface area contributed by atoms with Gasteiger partial charge in [0, 0.05) is 0 Å². The van der Waals surface area contributed by atoms with Crippen LogP contribution in [0.25, 0.3) is 0 Å². The van der Waals surface area contributed by atoms with E-state index in [9.17, 15) is 13.2 Å². The second kappa shape index (κ2) is 3.55. The molecule has 0 aromatic heterocycles. The van der Waals surface area contributed by atoms with Crippen molar-refractivity contribution in [1.29, 1.82) is 0 Å². The molecule has 0 aliphatic rings. The monoisotopic (exact) mass is 191 g/mol. The van der Waals surface area contributed by atoms with Gasteiger partial charge in [-0.1, -0.05) is 0 Å². The molecule has 13 heavy (non-hydrogen) atoms. The molecule has 1 aromatic carbocycles. The van der Waals surface area contributed by atoms with Gasteiger partial charge in [0.2, 0.25) is 17.5 Å². The van der Waals surface area contributed by atoms with Crippen LogP contribution in [-0.2, 0) is 0 Å². The van der Waals surface area contributed by atoms with Crippen molar-refractivity contribution in [1.82, 2.24) is 0 Å². The van der Waals surface area contributed by atoms with Gasteiger partial charge in [0.1, 0.15) is 0 Å². The molecule has 1 radical (unpaired) electrons. The lowest BCUT2D eigenvalue weighted by atomic mass is 10.3. The second-order valence-electron chi connectivity index (χ2n) is 2.13. The maximum absolute atomic E-state index is 12.8. The zero-order chi connectivity index (χ0) is 10.0. The second-order valence-corrected chi connectivity index (χ2v) is 2.13. The van der Waals surface area contributed by atoms with Crippen LogP contribution in [0.1, 0.15) is 0 Å². The maximum Gasteiger partial charge on any atom is 0.204 e. The number of benzene rings is 1. The highest BCUT2D eigenvalue weighted by atomic mass is 19.2. The van der Waals surface area contributed by atoms with Crippen LogP contribution in [0.15, 0.2) is 0 Å². The Balaban J connectivity index is 3.36. The molecule has 5 heteroatoms. The van der Waals surface area contributed by atoms with Crippen molar-refractivity contribution in [2.45, 2.75) is 0 Å². The normalized spacial score (nSPS) is 9.92. The minimum absolute atomic E-state index is 0.518. The lowest BCUT2D eigenvalue weighted by Gasteiger charge is -2.06. The van der Waals surface area contributed by atoms with E-state index in [1.54, 1.807) is 0 Å². The van der Waals surface area contributed by atoms with Crippen LogP contribution in [0.2, 0.25) is 0 Å². The molecule has 0 saturated carbocycles. The lowest BCUT2D eigenvalue weighted by Crippen LogP contribution is -1.99. The average Bonchev–Trinajstić information content (AvgIpc) is 2.15. The standard InChI is InChI=1S/C8H6F3O2/c1-12-4-3-5(13-2)7(10)8(11)6(4)9/h1-2H3. The van der Waals surface area contributed by atoms with E-state index >= 15 is 0 Å². The van der Waals surface area contributed by atoms with Gasteiger partial charge in [-0.05, 0) is 0 Å².